The molecule has 0 radical (unpaired) electrons. The molecule has 0 aromatic carbocycles. The number of carbonyl (C=O) groups excluding carboxylic acids is 1. The largest absolute Gasteiger partial charge is 0.462 e. The average Bonchev–Trinajstić information content (AvgIpc) is 2.44. The van der Waals surface area contributed by atoms with Crippen molar-refractivity contribution in [1.82, 2.24) is 4.31 Å². The van der Waals surface area contributed by atoms with Crippen LogP contribution in [0, 0.1) is 11.3 Å². The zero-order chi connectivity index (χ0) is 22.5. The van der Waals surface area contributed by atoms with E-state index in [1.807, 2.05) is 62.3 Å². The molecule has 0 unspecified atom stereocenters. The van der Waals surface area contributed by atoms with Gasteiger partial charge >= 0.3 is 5.97 Å². The second kappa shape index (κ2) is 10.4. The Kier molecular flexibility index (Phi) is 10.1. The quantitative estimate of drug-likeness (QED) is 0.544. The Bertz CT molecular complexity index is 591. The lowest BCUT2D eigenvalue weighted by Gasteiger charge is -2.38. The molecule has 0 rings (SSSR count). The van der Waals surface area contributed by atoms with Gasteiger partial charge in [-0.2, -0.15) is 4.31 Å². The van der Waals surface area contributed by atoms with E-state index in [0.29, 0.717) is 6.42 Å². The Balaban J connectivity index is 5.39. The van der Waals surface area contributed by atoms with Crippen molar-refractivity contribution in [2.24, 2.45) is 17.1 Å². The van der Waals surface area contributed by atoms with Gasteiger partial charge in [-0.15, -0.1) is 0 Å². The van der Waals surface area contributed by atoms with E-state index in [9.17, 15) is 13.2 Å². The van der Waals surface area contributed by atoms with Gasteiger partial charge in [-0.1, -0.05) is 34.6 Å². The van der Waals surface area contributed by atoms with Crippen molar-refractivity contribution in [3.63, 3.8) is 0 Å². The second-order valence-corrected chi connectivity index (χ2v) is 12.0. The topological polar surface area (TPSA) is 98.9 Å². The smallest absolute Gasteiger partial charge is 0.323 e. The Morgan fingerprint density at radius 2 is 1.57 bits per heavy atom. The van der Waals surface area contributed by atoms with Crippen LogP contribution in [0.15, 0.2) is 0 Å². The van der Waals surface area contributed by atoms with Crippen molar-refractivity contribution in [3.8, 4) is 0 Å². The van der Waals surface area contributed by atoms with Gasteiger partial charge in [0.1, 0.15) is 18.8 Å². The van der Waals surface area contributed by atoms with Crippen molar-refractivity contribution < 1.29 is 22.7 Å². The van der Waals surface area contributed by atoms with Gasteiger partial charge in [-0.25, -0.2) is 8.42 Å². The lowest BCUT2D eigenvalue weighted by atomic mass is 9.90. The van der Waals surface area contributed by atoms with E-state index in [2.05, 4.69) is 0 Å². The average molecular weight is 423 g/mol. The molecule has 0 amide bonds. The van der Waals surface area contributed by atoms with Crippen LogP contribution in [0.5, 0.6) is 0 Å². The summed E-state index contributed by atoms with van der Waals surface area (Å²) in [7, 11) is -3.47. The fraction of sp³-hybridized carbons (Fsp3) is 0.950. The fourth-order valence-electron chi connectivity index (χ4n) is 2.61. The van der Waals surface area contributed by atoms with Gasteiger partial charge in [0, 0.05) is 12.1 Å². The molecule has 0 spiro atoms. The number of carbonyl (C=O) groups is 1. The van der Waals surface area contributed by atoms with Crippen LogP contribution in [0.4, 0.5) is 0 Å². The van der Waals surface area contributed by atoms with E-state index in [-0.39, 0.29) is 30.6 Å². The number of hydrogen-bond donors (Lipinski definition) is 1. The Labute approximate surface area is 172 Å². The third-order valence-electron chi connectivity index (χ3n) is 4.57. The summed E-state index contributed by atoms with van der Waals surface area (Å²) in [6.07, 6.45) is 0.938. The van der Waals surface area contributed by atoms with Crippen molar-refractivity contribution >= 4 is 16.0 Å². The van der Waals surface area contributed by atoms with Crippen LogP contribution in [0.3, 0.4) is 0 Å². The molecule has 0 aliphatic rings. The Hall–Kier alpha value is -0.700. The third-order valence-corrected chi connectivity index (χ3v) is 6.07. The van der Waals surface area contributed by atoms with Crippen LogP contribution in [0.2, 0.25) is 0 Å². The lowest BCUT2D eigenvalue weighted by Crippen LogP contribution is -2.51. The highest BCUT2D eigenvalue weighted by Crippen LogP contribution is 2.25. The van der Waals surface area contributed by atoms with Gasteiger partial charge in [0.2, 0.25) is 10.0 Å². The summed E-state index contributed by atoms with van der Waals surface area (Å²) in [4.78, 5) is 12.2. The molecule has 0 aliphatic carbocycles. The van der Waals surface area contributed by atoms with Gasteiger partial charge in [0.05, 0.1) is 12.4 Å². The highest BCUT2D eigenvalue weighted by Gasteiger charge is 2.34. The van der Waals surface area contributed by atoms with Gasteiger partial charge < -0.3 is 15.2 Å². The zero-order valence-electron chi connectivity index (χ0n) is 19.4. The van der Waals surface area contributed by atoms with Crippen molar-refractivity contribution in [2.75, 3.05) is 19.4 Å². The molecule has 168 valence electrons. The molecule has 3 atom stereocenters. The summed E-state index contributed by atoms with van der Waals surface area (Å²) in [5.41, 5.74) is 5.12. The van der Waals surface area contributed by atoms with Gasteiger partial charge in [0.25, 0.3) is 0 Å². The first-order valence-electron chi connectivity index (χ1n) is 9.91. The standard InChI is InChI=1S/C20H42N2O5S/c1-14(2)11-17(21)18(23)26-13-16(27-15(3)19(4,5)6)12-22(20(7,8)9)28(10,24)25/h14-17H,11-13,21H2,1-10H3/t15-,16-,17-/m0/s1. The molecule has 2 N–H and O–H groups in total. The van der Waals surface area contributed by atoms with Crippen LogP contribution in [0.1, 0.15) is 68.7 Å². The van der Waals surface area contributed by atoms with Crippen molar-refractivity contribution in [1.29, 1.82) is 0 Å². The van der Waals surface area contributed by atoms with Gasteiger partial charge in [-0.05, 0) is 45.4 Å². The SMILES string of the molecule is CC(C)C[C@H](N)C(=O)OC[C@H](CN(C(C)(C)C)S(C)(=O)=O)O[C@@H](C)C(C)(C)C. The lowest BCUT2D eigenvalue weighted by molar-refractivity contribution is -0.154. The third kappa shape index (κ3) is 10.2. The maximum absolute atomic E-state index is 12.3. The summed E-state index contributed by atoms with van der Waals surface area (Å²) in [6, 6.07) is -0.700. The molecule has 0 bridgehead atoms. The summed E-state index contributed by atoms with van der Waals surface area (Å²) in [5.74, 6) is -0.218. The molecule has 0 saturated carbocycles. The van der Waals surface area contributed by atoms with E-state index in [1.165, 1.54) is 10.6 Å². The van der Waals surface area contributed by atoms with Crippen molar-refractivity contribution in [2.45, 2.75) is 92.5 Å². The summed E-state index contributed by atoms with van der Waals surface area (Å²) >= 11 is 0. The molecule has 0 aromatic heterocycles. The summed E-state index contributed by atoms with van der Waals surface area (Å²) in [6.45, 7) is 17.5. The first-order valence-corrected chi connectivity index (χ1v) is 11.8. The number of nitrogens with zero attached hydrogens (tertiary/aromatic N) is 1. The zero-order valence-corrected chi connectivity index (χ0v) is 20.2. The highest BCUT2D eigenvalue weighted by molar-refractivity contribution is 7.88. The number of esters is 1. The fourth-order valence-corrected chi connectivity index (χ4v) is 4.04. The number of ether oxygens (including phenoxy) is 2. The van der Waals surface area contributed by atoms with E-state index >= 15 is 0 Å². The molecule has 0 saturated heterocycles. The highest BCUT2D eigenvalue weighted by atomic mass is 32.2. The van der Waals surface area contributed by atoms with Gasteiger partial charge in [0.15, 0.2) is 0 Å². The predicted molar refractivity (Wildman–Crippen MR) is 113 cm³/mol. The monoisotopic (exact) mass is 422 g/mol. The minimum absolute atomic E-state index is 0.0485. The molecule has 0 aromatic rings. The minimum atomic E-state index is -3.47. The maximum Gasteiger partial charge on any atom is 0.323 e. The molecule has 0 heterocycles. The number of rotatable bonds is 10. The minimum Gasteiger partial charge on any atom is -0.462 e. The van der Waals surface area contributed by atoms with Crippen LogP contribution < -0.4 is 5.73 Å². The molecular weight excluding hydrogens is 380 g/mol. The molecule has 0 fully saturated rings. The number of hydrogen-bond acceptors (Lipinski definition) is 6. The first kappa shape index (κ1) is 27.3. The first-order chi connectivity index (χ1) is 12.4. The van der Waals surface area contributed by atoms with E-state index in [0.717, 1.165) is 0 Å². The van der Waals surface area contributed by atoms with Crippen LogP contribution in [-0.4, -0.2) is 61.9 Å². The van der Waals surface area contributed by atoms with Crippen LogP contribution in [-0.2, 0) is 24.3 Å². The normalized spacial score (nSPS) is 16.9. The number of sulfonamides is 1. The van der Waals surface area contributed by atoms with Crippen LogP contribution >= 0.6 is 0 Å². The van der Waals surface area contributed by atoms with E-state index in [4.69, 9.17) is 15.2 Å². The second-order valence-electron chi connectivity index (χ2n) is 10.1. The Morgan fingerprint density at radius 1 is 1.07 bits per heavy atom. The Morgan fingerprint density at radius 3 is 1.93 bits per heavy atom. The van der Waals surface area contributed by atoms with Gasteiger partial charge in [-0.3, -0.25) is 4.79 Å². The van der Waals surface area contributed by atoms with Crippen LogP contribution in [0.25, 0.3) is 0 Å². The number of nitrogens with two attached hydrogens (primary N) is 1. The molecule has 28 heavy (non-hydrogen) atoms. The van der Waals surface area contributed by atoms with E-state index < -0.39 is 33.7 Å². The molecule has 8 heteroatoms. The van der Waals surface area contributed by atoms with Crippen molar-refractivity contribution in [3.05, 3.63) is 0 Å². The predicted octanol–water partition coefficient (Wildman–Crippen LogP) is 2.78. The maximum atomic E-state index is 12.3. The molecule has 0 aliphatic heterocycles. The molecule has 7 nitrogen and oxygen atoms in total. The molecular formula is C20H42N2O5S. The summed E-state index contributed by atoms with van der Waals surface area (Å²) < 4.78 is 37.5. The summed E-state index contributed by atoms with van der Waals surface area (Å²) in [5, 5.41) is 0. The van der Waals surface area contributed by atoms with E-state index in [1.54, 1.807) is 0 Å².